The van der Waals surface area contributed by atoms with Crippen molar-refractivity contribution in [3.05, 3.63) is 41.5 Å². The van der Waals surface area contributed by atoms with E-state index in [9.17, 15) is 9.59 Å². The summed E-state index contributed by atoms with van der Waals surface area (Å²) < 4.78 is 5.38. The number of rotatable bonds is 5. The number of carbonyl (C=O) groups excluding carboxylic acids is 2. The molecule has 7 nitrogen and oxygen atoms in total. The SMILES string of the molecule is CC(C)c1cccc(C(C)C)c1NC(=O)CN1C(=O)COc2ccc(N)nc21. The Morgan fingerprint density at radius 1 is 1.18 bits per heavy atom. The number of nitrogens with one attached hydrogen (secondary N) is 1. The summed E-state index contributed by atoms with van der Waals surface area (Å²) in [4.78, 5) is 30.7. The molecule has 0 atom stereocenters. The summed E-state index contributed by atoms with van der Waals surface area (Å²) in [5, 5.41) is 3.02. The Hall–Kier alpha value is -3.09. The van der Waals surface area contributed by atoms with E-state index in [0.717, 1.165) is 16.8 Å². The van der Waals surface area contributed by atoms with Crippen molar-refractivity contribution in [2.24, 2.45) is 0 Å². The summed E-state index contributed by atoms with van der Waals surface area (Å²) in [6.45, 7) is 8.06. The highest BCUT2D eigenvalue weighted by Gasteiger charge is 2.29. The smallest absolute Gasteiger partial charge is 0.266 e. The molecule has 1 aliphatic heterocycles. The predicted molar refractivity (Wildman–Crippen MR) is 110 cm³/mol. The minimum absolute atomic E-state index is 0.133. The molecule has 7 heteroatoms. The zero-order chi connectivity index (χ0) is 20.4. The third-order valence-corrected chi connectivity index (χ3v) is 4.71. The largest absolute Gasteiger partial charge is 0.480 e. The minimum Gasteiger partial charge on any atom is -0.480 e. The first-order chi connectivity index (χ1) is 13.3. The second-order valence-corrected chi connectivity index (χ2v) is 7.50. The van der Waals surface area contributed by atoms with Crippen LogP contribution in [0.2, 0.25) is 0 Å². The zero-order valence-corrected chi connectivity index (χ0v) is 16.7. The number of nitrogen functional groups attached to an aromatic ring is 1. The lowest BCUT2D eigenvalue weighted by atomic mass is 9.92. The number of hydrogen-bond acceptors (Lipinski definition) is 5. The van der Waals surface area contributed by atoms with E-state index in [1.165, 1.54) is 4.90 Å². The van der Waals surface area contributed by atoms with E-state index in [0.29, 0.717) is 5.75 Å². The topological polar surface area (TPSA) is 97.5 Å². The first-order valence-corrected chi connectivity index (χ1v) is 9.40. The predicted octanol–water partition coefficient (Wildman–Crippen LogP) is 3.27. The van der Waals surface area contributed by atoms with E-state index in [-0.39, 0.29) is 48.4 Å². The number of anilines is 3. The van der Waals surface area contributed by atoms with Crippen LogP contribution in [0, 0.1) is 0 Å². The van der Waals surface area contributed by atoms with Gasteiger partial charge in [-0.05, 0) is 35.1 Å². The fourth-order valence-electron chi connectivity index (χ4n) is 3.27. The Balaban J connectivity index is 1.88. The second kappa shape index (κ2) is 7.88. The third-order valence-electron chi connectivity index (χ3n) is 4.71. The zero-order valence-electron chi connectivity index (χ0n) is 16.7. The molecule has 148 valence electrons. The van der Waals surface area contributed by atoms with Crippen molar-refractivity contribution in [1.82, 2.24) is 4.98 Å². The maximum absolute atomic E-state index is 12.9. The van der Waals surface area contributed by atoms with Gasteiger partial charge in [-0.15, -0.1) is 0 Å². The van der Waals surface area contributed by atoms with Gasteiger partial charge in [-0.25, -0.2) is 4.98 Å². The number of carbonyl (C=O) groups is 2. The molecule has 2 aromatic rings. The first kappa shape index (κ1) is 19.7. The fraction of sp³-hybridized carbons (Fsp3) is 0.381. The highest BCUT2D eigenvalue weighted by Crippen LogP contribution is 2.33. The van der Waals surface area contributed by atoms with Crippen LogP contribution in [0.3, 0.4) is 0 Å². The Kier molecular flexibility index (Phi) is 5.53. The monoisotopic (exact) mass is 382 g/mol. The molecule has 0 spiro atoms. The van der Waals surface area contributed by atoms with Crippen molar-refractivity contribution >= 4 is 29.1 Å². The van der Waals surface area contributed by atoms with E-state index in [2.05, 4.69) is 38.0 Å². The number of aromatic nitrogens is 1. The number of nitrogens with two attached hydrogens (primary N) is 1. The van der Waals surface area contributed by atoms with Crippen molar-refractivity contribution in [3.8, 4) is 5.75 Å². The molecule has 2 amide bonds. The molecule has 0 unspecified atom stereocenters. The summed E-state index contributed by atoms with van der Waals surface area (Å²) in [6, 6.07) is 9.29. The number of hydrogen-bond donors (Lipinski definition) is 2. The molecule has 3 rings (SSSR count). The maximum atomic E-state index is 12.9. The third kappa shape index (κ3) is 3.93. The van der Waals surface area contributed by atoms with E-state index in [1.807, 2.05) is 18.2 Å². The van der Waals surface area contributed by atoms with E-state index >= 15 is 0 Å². The minimum atomic E-state index is -0.332. The second-order valence-electron chi connectivity index (χ2n) is 7.50. The van der Waals surface area contributed by atoms with Crippen LogP contribution < -0.4 is 20.7 Å². The number of benzene rings is 1. The number of nitrogens with zero attached hydrogens (tertiary/aromatic N) is 2. The van der Waals surface area contributed by atoms with E-state index in [4.69, 9.17) is 10.5 Å². The summed E-state index contributed by atoms with van der Waals surface area (Å²) in [5.74, 6) is 0.846. The van der Waals surface area contributed by atoms with Gasteiger partial charge in [-0.3, -0.25) is 14.5 Å². The van der Waals surface area contributed by atoms with Crippen molar-refractivity contribution in [2.75, 3.05) is 29.1 Å². The number of fused-ring (bicyclic) bond motifs is 1. The maximum Gasteiger partial charge on any atom is 0.266 e. The molecule has 1 aromatic heterocycles. The van der Waals surface area contributed by atoms with Crippen LogP contribution in [0.1, 0.15) is 50.7 Å². The van der Waals surface area contributed by atoms with Gasteiger partial charge in [0.25, 0.3) is 5.91 Å². The van der Waals surface area contributed by atoms with E-state index < -0.39 is 0 Å². The lowest BCUT2D eigenvalue weighted by Gasteiger charge is -2.28. The van der Waals surface area contributed by atoms with Crippen LogP contribution in [0.15, 0.2) is 30.3 Å². The summed E-state index contributed by atoms with van der Waals surface area (Å²) in [5.41, 5.74) is 8.69. The fourth-order valence-corrected chi connectivity index (χ4v) is 3.27. The average molecular weight is 382 g/mol. The van der Waals surface area contributed by atoms with Gasteiger partial charge in [0, 0.05) is 5.69 Å². The molecular weight excluding hydrogens is 356 g/mol. The van der Waals surface area contributed by atoms with Crippen molar-refractivity contribution in [3.63, 3.8) is 0 Å². The highest BCUT2D eigenvalue weighted by atomic mass is 16.5. The Bertz CT molecular complexity index is 882. The molecule has 1 aliphatic rings. The molecule has 1 aromatic carbocycles. The molecular formula is C21H26N4O3. The Morgan fingerprint density at radius 3 is 2.43 bits per heavy atom. The lowest BCUT2D eigenvalue weighted by molar-refractivity contribution is -0.123. The molecule has 2 heterocycles. The lowest BCUT2D eigenvalue weighted by Crippen LogP contribution is -2.44. The molecule has 28 heavy (non-hydrogen) atoms. The summed E-state index contributed by atoms with van der Waals surface area (Å²) >= 11 is 0. The van der Waals surface area contributed by atoms with Gasteiger partial charge >= 0.3 is 0 Å². The quantitative estimate of drug-likeness (QED) is 0.827. The molecule has 0 saturated carbocycles. The molecule has 0 saturated heterocycles. The van der Waals surface area contributed by atoms with Gasteiger partial charge in [0.2, 0.25) is 5.91 Å². The number of pyridine rings is 1. The van der Waals surface area contributed by atoms with Crippen LogP contribution in [-0.4, -0.2) is 29.9 Å². The number of amides is 2. The van der Waals surface area contributed by atoms with Crippen LogP contribution in [-0.2, 0) is 9.59 Å². The molecule has 3 N–H and O–H groups in total. The van der Waals surface area contributed by atoms with Gasteiger partial charge in [0.15, 0.2) is 18.2 Å². The van der Waals surface area contributed by atoms with Crippen molar-refractivity contribution < 1.29 is 14.3 Å². The Morgan fingerprint density at radius 2 is 1.82 bits per heavy atom. The van der Waals surface area contributed by atoms with Crippen LogP contribution in [0.4, 0.5) is 17.3 Å². The molecule has 0 bridgehead atoms. The van der Waals surface area contributed by atoms with E-state index in [1.54, 1.807) is 12.1 Å². The average Bonchev–Trinajstić information content (AvgIpc) is 2.64. The standard InChI is InChI=1S/C21H26N4O3/c1-12(2)14-6-5-7-15(13(3)4)20(14)24-18(26)10-25-19(27)11-28-16-8-9-17(22)23-21(16)25/h5-9,12-13H,10-11H2,1-4H3,(H2,22,23)(H,24,26). The number of ether oxygens (including phenoxy) is 1. The normalized spacial score (nSPS) is 13.5. The van der Waals surface area contributed by atoms with Crippen LogP contribution in [0.25, 0.3) is 0 Å². The molecule has 0 aliphatic carbocycles. The molecule has 0 fully saturated rings. The van der Waals surface area contributed by atoms with Crippen molar-refractivity contribution in [1.29, 1.82) is 0 Å². The highest BCUT2D eigenvalue weighted by molar-refractivity contribution is 6.04. The van der Waals surface area contributed by atoms with Gasteiger partial charge in [0.1, 0.15) is 12.4 Å². The van der Waals surface area contributed by atoms with Gasteiger partial charge < -0.3 is 15.8 Å². The summed E-state index contributed by atoms with van der Waals surface area (Å²) in [7, 11) is 0. The summed E-state index contributed by atoms with van der Waals surface area (Å²) in [6.07, 6.45) is 0. The Labute approximate surface area is 164 Å². The van der Waals surface area contributed by atoms with Crippen LogP contribution >= 0.6 is 0 Å². The van der Waals surface area contributed by atoms with Gasteiger partial charge in [-0.2, -0.15) is 0 Å². The van der Waals surface area contributed by atoms with Gasteiger partial charge in [-0.1, -0.05) is 45.9 Å². The van der Waals surface area contributed by atoms with Gasteiger partial charge in [0.05, 0.1) is 0 Å². The molecule has 0 radical (unpaired) electrons. The first-order valence-electron chi connectivity index (χ1n) is 9.40. The number of para-hydroxylation sites is 1. The van der Waals surface area contributed by atoms with Crippen LogP contribution in [0.5, 0.6) is 5.75 Å². The van der Waals surface area contributed by atoms with Crippen molar-refractivity contribution in [2.45, 2.75) is 39.5 Å².